The Labute approximate surface area is 103 Å². The van der Waals surface area contributed by atoms with E-state index in [2.05, 4.69) is 31.3 Å². The molecule has 3 heteroatoms. The third kappa shape index (κ3) is 3.22. The van der Waals surface area contributed by atoms with Gasteiger partial charge in [0.05, 0.1) is 5.41 Å². The van der Waals surface area contributed by atoms with Crippen LogP contribution >= 0.6 is 0 Å². The van der Waals surface area contributed by atoms with Crippen LogP contribution < -0.4 is 5.32 Å². The first-order chi connectivity index (χ1) is 7.74. The van der Waals surface area contributed by atoms with Gasteiger partial charge in [0, 0.05) is 12.2 Å². The average Bonchev–Trinajstić information content (AvgIpc) is 2.21. The Bertz CT molecular complexity index is 436. The van der Waals surface area contributed by atoms with Crippen molar-refractivity contribution < 1.29 is 9.90 Å². The largest absolute Gasteiger partial charge is 0.481 e. The standard InChI is InChI=1S/C14H21NO2/c1-9-6-11(3)12(7-10(9)2)15-8-14(4,5)13(16)17/h6-7,15H,8H2,1-5H3,(H,16,17). The lowest BCUT2D eigenvalue weighted by molar-refractivity contribution is -0.146. The second-order valence-corrected chi connectivity index (χ2v) is 5.29. The predicted octanol–water partition coefficient (Wildman–Crippen LogP) is 3.13. The minimum absolute atomic E-state index is 0.422. The van der Waals surface area contributed by atoms with Gasteiger partial charge >= 0.3 is 5.97 Å². The lowest BCUT2D eigenvalue weighted by atomic mass is 9.93. The molecule has 0 heterocycles. The Kier molecular flexibility index (Phi) is 3.81. The lowest BCUT2D eigenvalue weighted by Gasteiger charge is -2.21. The van der Waals surface area contributed by atoms with Crippen LogP contribution in [-0.2, 0) is 4.79 Å². The SMILES string of the molecule is Cc1cc(C)c(NCC(C)(C)C(=O)O)cc1C. The van der Waals surface area contributed by atoms with Gasteiger partial charge in [-0.25, -0.2) is 0 Å². The van der Waals surface area contributed by atoms with Crippen LogP contribution in [0.5, 0.6) is 0 Å². The molecule has 0 aliphatic rings. The van der Waals surface area contributed by atoms with Gasteiger partial charge in [-0.2, -0.15) is 0 Å². The van der Waals surface area contributed by atoms with Crippen LogP contribution in [0.25, 0.3) is 0 Å². The summed E-state index contributed by atoms with van der Waals surface area (Å²) in [6, 6.07) is 4.19. The molecule has 1 aromatic rings. The molecule has 0 aliphatic heterocycles. The fourth-order valence-corrected chi connectivity index (χ4v) is 1.54. The Morgan fingerprint density at radius 2 is 1.71 bits per heavy atom. The van der Waals surface area contributed by atoms with Crippen LogP contribution in [0.4, 0.5) is 5.69 Å². The molecule has 2 N–H and O–H groups in total. The highest BCUT2D eigenvalue weighted by Gasteiger charge is 2.26. The summed E-state index contributed by atoms with van der Waals surface area (Å²) in [5.41, 5.74) is 3.87. The smallest absolute Gasteiger partial charge is 0.310 e. The highest BCUT2D eigenvalue weighted by Crippen LogP contribution is 2.22. The number of carbonyl (C=O) groups is 1. The second-order valence-electron chi connectivity index (χ2n) is 5.29. The quantitative estimate of drug-likeness (QED) is 0.843. The van der Waals surface area contributed by atoms with E-state index in [1.54, 1.807) is 13.8 Å². The summed E-state index contributed by atoms with van der Waals surface area (Å²) in [5, 5.41) is 12.3. The number of hydrogen-bond donors (Lipinski definition) is 2. The number of nitrogens with one attached hydrogen (secondary N) is 1. The summed E-state index contributed by atoms with van der Waals surface area (Å²) < 4.78 is 0. The Morgan fingerprint density at radius 3 is 2.24 bits per heavy atom. The van der Waals surface area contributed by atoms with E-state index in [9.17, 15) is 4.79 Å². The number of aryl methyl sites for hydroxylation is 3. The predicted molar refractivity (Wildman–Crippen MR) is 70.6 cm³/mol. The van der Waals surface area contributed by atoms with Gasteiger partial charge in [-0.15, -0.1) is 0 Å². The number of carboxylic acids is 1. The van der Waals surface area contributed by atoms with E-state index in [1.807, 2.05) is 6.92 Å². The minimum Gasteiger partial charge on any atom is -0.481 e. The third-order valence-electron chi connectivity index (χ3n) is 3.14. The molecule has 3 nitrogen and oxygen atoms in total. The van der Waals surface area contributed by atoms with Crippen molar-refractivity contribution in [2.45, 2.75) is 34.6 Å². The van der Waals surface area contributed by atoms with E-state index in [-0.39, 0.29) is 0 Å². The maximum atomic E-state index is 11.0. The molecule has 0 unspecified atom stereocenters. The van der Waals surface area contributed by atoms with Gasteiger partial charge in [-0.1, -0.05) is 6.07 Å². The molecule has 0 aromatic heterocycles. The van der Waals surface area contributed by atoms with Crippen LogP contribution in [0, 0.1) is 26.2 Å². The number of carboxylic acid groups (broad SMARTS) is 1. The van der Waals surface area contributed by atoms with E-state index in [1.165, 1.54) is 11.1 Å². The highest BCUT2D eigenvalue weighted by atomic mass is 16.4. The van der Waals surface area contributed by atoms with Crippen molar-refractivity contribution in [1.82, 2.24) is 0 Å². The van der Waals surface area contributed by atoms with Gasteiger partial charge in [0.25, 0.3) is 0 Å². The molecule has 1 aromatic carbocycles. The molecule has 0 amide bonds. The summed E-state index contributed by atoms with van der Waals surface area (Å²) in [6.07, 6.45) is 0. The summed E-state index contributed by atoms with van der Waals surface area (Å²) in [5.74, 6) is -0.786. The van der Waals surface area contributed by atoms with Crippen molar-refractivity contribution in [3.8, 4) is 0 Å². The van der Waals surface area contributed by atoms with Crippen molar-refractivity contribution in [2.24, 2.45) is 5.41 Å². The van der Waals surface area contributed by atoms with Gasteiger partial charge in [-0.3, -0.25) is 4.79 Å². The molecule has 0 spiro atoms. The number of hydrogen-bond acceptors (Lipinski definition) is 2. The molecule has 0 radical (unpaired) electrons. The van der Waals surface area contributed by atoms with Crippen LogP contribution in [0.1, 0.15) is 30.5 Å². The number of rotatable bonds is 4. The van der Waals surface area contributed by atoms with Gasteiger partial charge in [0.2, 0.25) is 0 Å². The molecule has 0 atom stereocenters. The first-order valence-electron chi connectivity index (χ1n) is 5.79. The minimum atomic E-state index is -0.786. The van der Waals surface area contributed by atoms with Crippen molar-refractivity contribution in [1.29, 1.82) is 0 Å². The zero-order chi connectivity index (χ0) is 13.2. The Hall–Kier alpha value is -1.51. The zero-order valence-corrected chi connectivity index (χ0v) is 11.2. The first-order valence-corrected chi connectivity index (χ1v) is 5.79. The van der Waals surface area contributed by atoms with Crippen LogP contribution in [0.2, 0.25) is 0 Å². The number of benzene rings is 1. The molecule has 0 fully saturated rings. The van der Waals surface area contributed by atoms with Gasteiger partial charge in [0.1, 0.15) is 0 Å². The number of anilines is 1. The van der Waals surface area contributed by atoms with E-state index in [0.29, 0.717) is 6.54 Å². The van der Waals surface area contributed by atoms with E-state index in [0.717, 1.165) is 11.3 Å². The van der Waals surface area contributed by atoms with Crippen LogP contribution in [-0.4, -0.2) is 17.6 Å². The van der Waals surface area contributed by atoms with Crippen molar-refractivity contribution in [3.05, 3.63) is 28.8 Å². The second kappa shape index (κ2) is 4.78. The molecule has 0 bridgehead atoms. The molecule has 94 valence electrons. The van der Waals surface area contributed by atoms with E-state index < -0.39 is 11.4 Å². The fourth-order valence-electron chi connectivity index (χ4n) is 1.54. The summed E-state index contributed by atoms with van der Waals surface area (Å²) in [6.45, 7) is 10.0. The van der Waals surface area contributed by atoms with E-state index >= 15 is 0 Å². The highest BCUT2D eigenvalue weighted by molar-refractivity contribution is 5.74. The van der Waals surface area contributed by atoms with Crippen LogP contribution in [0.15, 0.2) is 12.1 Å². The topological polar surface area (TPSA) is 49.3 Å². The molecular weight excluding hydrogens is 214 g/mol. The summed E-state index contributed by atoms with van der Waals surface area (Å²) in [4.78, 5) is 11.0. The lowest BCUT2D eigenvalue weighted by Crippen LogP contribution is -2.31. The number of aliphatic carboxylic acids is 1. The molecular formula is C14H21NO2. The average molecular weight is 235 g/mol. The first kappa shape index (κ1) is 13.6. The fraction of sp³-hybridized carbons (Fsp3) is 0.500. The van der Waals surface area contributed by atoms with Crippen molar-refractivity contribution >= 4 is 11.7 Å². The van der Waals surface area contributed by atoms with Crippen LogP contribution in [0.3, 0.4) is 0 Å². The molecule has 0 saturated heterocycles. The van der Waals surface area contributed by atoms with Gasteiger partial charge in [-0.05, 0) is 57.4 Å². The van der Waals surface area contributed by atoms with Gasteiger partial charge in [0.15, 0.2) is 0 Å². The normalized spacial score (nSPS) is 11.4. The summed E-state index contributed by atoms with van der Waals surface area (Å²) >= 11 is 0. The van der Waals surface area contributed by atoms with Crippen molar-refractivity contribution in [2.75, 3.05) is 11.9 Å². The summed E-state index contributed by atoms with van der Waals surface area (Å²) in [7, 11) is 0. The maximum absolute atomic E-state index is 11.0. The Balaban J connectivity index is 2.83. The molecule has 1 rings (SSSR count). The van der Waals surface area contributed by atoms with Gasteiger partial charge < -0.3 is 10.4 Å². The molecule has 0 saturated carbocycles. The monoisotopic (exact) mass is 235 g/mol. The molecule has 17 heavy (non-hydrogen) atoms. The zero-order valence-electron chi connectivity index (χ0n) is 11.2. The Morgan fingerprint density at radius 1 is 1.18 bits per heavy atom. The maximum Gasteiger partial charge on any atom is 0.310 e. The third-order valence-corrected chi connectivity index (χ3v) is 3.14. The van der Waals surface area contributed by atoms with Crippen molar-refractivity contribution in [3.63, 3.8) is 0 Å². The molecule has 0 aliphatic carbocycles. The van der Waals surface area contributed by atoms with E-state index in [4.69, 9.17) is 5.11 Å².